The van der Waals surface area contributed by atoms with Crippen molar-refractivity contribution in [3.8, 4) is 0 Å². The number of carbonyl (C=O) groups is 1. The topological polar surface area (TPSA) is 89.3 Å². The number of hydrogen-bond acceptors (Lipinski definition) is 6. The minimum absolute atomic E-state index is 0.226. The van der Waals surface area contributed by atoms with E-state index in [1.54, 1.807) is 11.6 Å². The van der Waals surface area contributed by atoms with Gasteiger partial charge in [-0.2, -0.15) is 0 Å². The normalized spacial score (nSPS) is 18.3. The SMILES string of the molecule is COC(=O)c1nnn(CC(C)O)c1C1CCNCC1. The highest BCUT2D eigenvalue weighted by atomic mass is 16.5. The van der Waals surface area contributed by atoms with Crippen LogP contribution < -0.4 is 5.32 Å². The van der Waals surface area contributed by atoms with Crippen LogP contribution in [0.4, 0.5) is 0 Å². The second-order valence-corrected chi connectivity index (χ2v) is 4.87. The number of piperidine rings is 1. The molecule has 7 heteroatoms. The molecule has 1 unspecified atom stereocenters. The number of nitrogens with zero attached hydrogens (tertiary/aromatic N) is 3. The Morgan fingerprint density at radius 2 is 2.26 bits per heavy atom. The van der Waals surface area contributed by atoms with Gasteiger partial charge in [0.05, 0.1) is 25.5 Å². The quantitative estimate of drug-likeness (QED) is 0.742. The van der Waals surface area contributed by atoms with E-state index >= 15 is 0 Å². The first-order valence-corrected chi connectivity index (χ1v) is 6.54. The molecule has 0 amide bonds. The zero-order valence-electron chi connectivity index (χ0n) is 11.3. The minimum atomic E-state index is -0.535. The van der Waals surface area contributed by atoms with Crippen molar-refractivity contribution in [1.29, 1.82) is 0 Å². The third-order valence-electron chi connectivity index (χ3n) is 3.32. The maximum absolute atomic E-state index is 11.8. The second kappa shape index (κ2) is 6.12. The largest absolute Gasteiger partial charge is 0.464 e. The number of esters is 1. The lowest BCUT2D eigenvalue weighted by Gasteiger charge is -2.24. The second-order valence-electron chi connectivity index (χ2n) is 4.87. The molecule has 1 aliphatic heterocycles. The van der Waals surface area contributed by atoms with E-state index in [1.165, 1.54) is 7.11 Å². The van der Waals surface area contributed by atoms with Crippen LogP contribution in [0.25, 0.3) is 0 Å². The Kier molecular flexibility index (Phi) is 4.49. The zero-order valence-corrected chi connectivity index (χ0v) is 11.3. The molecule has 0 saturated carbocycles. The molecule has 2 N–H and O–H groups in total. The standard InChI is InChI=1S/C12H20N4O3/c1-8(17)7-16-11(9-3-5-13-6-4-9)10(14-15-16)12(18)19-2/h8-9,13,17H,3-7H2,1-2H3. The lowest BCUT2D eigenvalue weighted by molar-refractivity contribution is 0.0591. The summed E-state index contributed by atoms with van der Waals surface area (Å²) in [5, 5.41) is 20.7. The molecule has 0 aliphatic carbocycles. The van der Waals surface area contributed by atoms with Crippen LogP contribution in [0.15, 0.2) is 0 Å². The number of nitrogens with one attached hydrogen (secondary N) is 1. The summed E-state index contributed by atoms with van der Waals surface area (Å²) in [5.41, 5.74) is 1.06. The lowest BCUT2D eigenvalue weighted by Crippen LogP contribution is -2.29. The van der Waals surface area contributed by atoms with Crippen LogP contribution in [-0.4, -0.2) is 52.4 Å². The number of ether oxygens (including phenoxy) is 1. The number of carbonyl (C=O) groups excluding carboxylic acids is 1. The fraction of sp³-hybridized carbons (Fsp3) is 0.750. The molecule has 1 aromatic heterocycles. The Labute approximate surface area is 111 Å². The molecular weight excluding hydrogens is 248 g/mol. The Morgan fingerprint density at radius 3 is 2.84 bits per heavy atom. The van der Waals surface area contributed by atoms with Gasteiger partial charge in [0.1, 0.15) is 0 Å². The molecule has 0 radical (unpaired) electrons. The van der Waals surface area contributed by atoms with Crippen LogP contribution in [0, 0.1) is 0 Å². The van der Waals surface area contributed by atoms with Crippen molar-refractivity contribution in [2.75, 3.05) is 20.2 Å². The molecule has 0 aromatic carbocycles. The predicted molar refractivity (Wildman–Crippen MR) is 67.9 cm³/mol. The molecule has 0 bridgehead atoms. The summed E-state index contributed by atoms with van der Waals surface area (Å²) in [7, 11) is 1.34. The number of aliphatic hydroxyl groups is 1. The van der Waals surface area contributed by atoms with E-state index in [0.717, 1.165) is 31.6 Å². The van der Waals surface area contributed by atoms with Gasteiger partial charge in [-0.1, -0.05) is 5.21 Å². The predicted octanol–water partition coefficient (Wildman–Crippen LogP) is -0.0875. The minimum Gasteiger partial charge on any atom is -0.464 e. The fourth-order valence-electron chi connectivity index (χ4n) is 2.45. The average molecular weight is 268 g/mol. The Bertz CT molecular complexity index is 438. The summed E-state index contributed by atoms with van der Waals surface area (Å²) < 4.78 is 6.39. The van der Waals surface area contributed by atoms with E-state index in [0.29, 0.717) is 6.54 Å². The maximum Gasteiger partial charge on any atom is 0.360 e. The summed E-state index contributed by atoms with van der Waals surface area (Å²) in [5.74, 6) is -0.241. The first kappa shape index (κ1) is 14.0. The summed E-state index contributed by atoms with van der Waals surface area (Å²) in [6.45, 7) is 3.84. The zero-order chi connectivity index (χ0) is 13.8. The van der Waals surface area contributed by atoms with Crippen LogP contribution in [0.2, 0.25) is 0 Å². The highest BCUT2D eigenvalue weighted by molar-refractivity contribution is 5.88. The molecular formula is C12H20N4O3. The van der Waals surface area contributed by atoms with Crippen molar-refractivity contribution in [3.63, 3.8) is 0 Å². The fourth-order valence-corrected chi connectivity index (χ4v) is 2.45. The summed E-state index contributed by atoms with van der Waals surface area (Å²) in [6, 6.07) is 0. The van der Waals surface area contributed by atoms with Gasteiger partial charge < -0.3 is 15.2 Å². The molecule has 7 nitrogen and oxygen atoms in total. The van der Waals surface area contributed by atoms with Crippen molar-refractivity contribution in [2.24, 2.45) is 0 Å². The molecule has 106 valence electrons. The molecule has 2 rings (SSSR count). The van der Waals surface area contributed by atoms with E-state index < -0.39 is 12.1 Å². The van der Waals surface area contributed by atoms with Gasteiger partial charge in [0.2, 0.25) is 0 Å². The van der Waals surface area contributed by atoms with E-state index in [2.05, 4.69) is 15.6 Å². The third-order valence-corrected chi connectivity index (χ3v) is 3.32. The molecule has 19 heavy (non-hydrogen) atoms. The third kappa shape index (κ3) is 3.10. The molecule has 2 heterocycles. The van der Waals surface area contributed by atoms with Gasteiger partial charge in [0.15, 0.2) is 5.69 Å². The molecule has 1 aromatic rings. The van der Waals surface area contributed by atoms with Gasteiger partial charge in [0, 0.05) is 5.92 Å². The van der Waals surface area contributed by atoms with E-state index in [4.69, 9.17) is 4.74 Å². The van der Waals surface area contributed by atoms with E-state index in [1.807, 2.05) is 0 Å². The monoisotopic (exact) mass is 268 g/mol. The number of rotatable bonds is 4. The maximum atomic E-state index is 11.8. The van der Waals surface area contributed by atoms with Crippen LogP contribution in [0.5, 0.6) is 0 Å². The van der Waals surface area contributed by atoms with Gasteiger partial charge in [0.25, 0.3) is 0 Å². The molecule has 1 aliphatic rings. The van der Waals surface area contributed by atoms with Crippen LogP contribution in [-0.2, 0) is 11.3 Å². The summed E-state index contributed by atoms with van der Waals surface area (Å²) in [4.78, 5) is 11.8. The lowest BCUT2D eigenvalue weighted by atomic mass is 9.93. The molecule has 1 fully saturated rings. The van der Waals surface area contributed by atoms with Crippen molar-refractivity contribution in [1.82, 2.24) is 20.3 Å². The average Bonchev–Trinajstić information content (AvgIpc) is 2.81. The van der Waals surface area contributed by atoms with Gasteiger partial charge >= 0.3 is 5.97 Å². The Balaban J connectivity index is 2.33. The van der Waals surface area contributed by atoms with Crippen molar-refractivity contribution >= 4 is 5.97 Å². The van der Waals surface area contributed by atoms with Gasteiger partial charge in [-0.05, 0) is 32.9 Å². The Morgan fingerprint density at radius 1 is 1.58 bits per heavy atom. The van der Waals surface area contributed by atoms with Gasteiger partial charge in [-0.15, -0.1) is 5.10 Å². The van der Waals surface area contributed by atoms with Gasteiger partial charge in [-0.25, -0.2) is 9.48 Å². The Hall–Kier alpha value is -1.47. The number of aromatic nitrogens is 3. The van der Waals surface area contributed by atoms with Crippen molar-refractivity contribution in [2.45, 2.75) is 38.3 Å². The number of aliphatic hydroxyl groups excluding tert-OH is 1. The van der Waals surface area contributed by atoms with Crippen molar-refractivity contribution < 1.29 is 14.6 Å². The highest BCUT2D eigenvalue weighted by Gasteiger charge is 2.28. The van der Waals surface area contributed by atoms with Crippen molar-refractivity contribution in [3.05, 3.63) is 11.4 Å². The van der Waals surface area contributed by atoms with E-state index in [-0.39, 0.29) is 11.6 Å². The number of hydrogen-bond donors (Lipinski definition) is 2. The molecule has 0 spiro atoms. The van der Waals surface area contributed by atoms with Gasteiger partial charge in [-0.3, -0.25) is 0 Å². The van der Waals surface area contributed by atoms with Crippen LogP contribution in [0.1, 0.15) is 41.9 Å². The van der Waals surface area contributed by atoms with E-state index in [9.17, 15) is 9.90 Å². The smallest absolute Gasteiger partial charge is 0.360 e. The summed E-state index contributed by atoms with van der Waals surface area (Å²) in [6.07, 6.45) is 1.32. The first-order valence-electron chi connectivity index (χ1n) is 6.54. The van der Waals surface area contributed by atoms with Crippen LogP contribution in [0.3, 0.4) is 0 Å². The number of methoxy groups -OCH3 is 1. The molecule has 1 saturated heterocycles. The first-order chi connectivity index (χ1) is 9.13. The molecule has 1 atom stereocenters. The summed E-state index contributed by atoms with van der Waals surface area (Å²) >= 11 is 0. The highest BCUT2D eigenvalue weighted by Crippen LogP contribution is 2.27. The van der Waals surface area contributed by atoms with Crippen LogP contribution >= 0.6 is 0 Å².